The fraction of sp³-hybridized carbons (Fsp3) is 0.273. The van der Waals surface area contributed by atoms with Crippen LogP contribution < -0.4 is 5.43 Å². The quantitative estimate of drug-likeness (QED) is 0.394. The minimum absolute atomic E-state index is 0.295. The molecule has 0 aliphatic carbocycles. The van der Waals surface area contributed by atoms with Crippen LogP contribution in [-0.4, -0.2) is 10.0 Å². The summed E-state index contributed by atoms with van der Waals surface area (Å²) < 4.78 is 13.4. The molecule has 6 heteroatoms. The molecule has 1 aromatic carbocycles. The first-order valence-electron chi connectivity index (χ1n) is 4.87. The summed E-state index contributed by atoms with van der Waals surface area (Å²) in [6, 6.07) is 4.66. The smallest absolute Gasteiger partial charge is 0.128 e. The number of benzene rings is 1. The van der Waals surface area contributed by atoms with E-state index in [1.807, 2.05) is 6.92 Å². The Morgan fingerprint density at radius 2 is 2.24 bits per heavy atom. The van der Waals surface area contributed by atoms with Gasteiger partial charge in [0.15, 0.2) is 0 Å². The summed E-state index contributed by atoms with van der Waals surface area (Å²) in [5, 5.41) is 5.23. The molecule has 17 heavy (non-hydrogen) atoms. The SMILES string of the molecule is CC(=S)N/N=C(\C)SCc1c(F)cccc1Cl. The standard InChI is InChI=1S/C11H12ClFN2S2/c1-7(16)14-15-8(2)17-6-9-10(12)4-3-5-11(9)13/h3-5H,6H2,1-2H3,(H,14,16)/b15-8+. The second kappa shape index (κ2) is 6.93. The number of thiocarbonyl (C=S) groups is 1. The van der Waals surface area contributed by atoms with E-state index in [9.17, 15) is 4.39 Å². The van der Waals surface area contributed by atoms with Crippen LogP contribution in [0.25, 0.3) is 0 Å². The molecule has 0 saturated carbocycles. The van der Waals surface area contributed by atoms with Crippen LogP contribution in [0.4, 0.5) is 4.39 Å². The highest BCUT2D eigenvalue weighted by atomic mass is 35.5. The molecule has 0 bridgehead atoms. The number of nitrogens with one attached hydrogen (secondary N) is 1. The highest BCUT2D eigenvalue weighted by Crippen LogP contribution is 2.24. The summed E-state index contributed by atoms with van der Waals surface area (Å²) in [4.78, 5) is 0.592. The zero-order valence-corrected chi connectivity index (χ0v) is 11.8. The summed E-state index contributed by atoms with van der Waals surface area (Å²) >= 11 is 12.1. The minimum atomic E-state index is -0.295. The maximum Gasteiger partial charge on any atom is 0.128 e. The Balaban J connectivity index is 2.61. The number of hydrogen-bond donors (Lipinski definition) is 1. The maximum absolute atomic E-state index is 13.4. The molecular formula is C11H12ClFN2S2. The van der Waals surface area contributed by atoms with Crippen LogP contribution in [0.15, 0.2) is 23.3 Å². The summed E-state index contributed by atoms with van der Waals surface area (Å²) in [7, 11) is 0. The molecule has 0 spiro atoms. The number of hydrazone groups is 1. The molecule has 0 radical (unpaired) electrons. The summed E-state index contributed by atoms with van der Waals surface area (Å²) in [6.45, 7) is 3.56. The normalized spacial score (nSPS) is 11.4. The molecule has 1 rings (SSSR count). The Hall–Kier alpha value is -0.650. The van der Waals surface area contributed by atoms with Gasteiger partial charge in [0.05, 0.1) is 10.0 Å². The van der Waals surface area contributed by atoms with Crippen molar-refractivity contribution in [1.29, 1.82) is 0 Å². The van der Waals surface area contributed by atoms with Crippen LogP contribution in [0.1, 0.15) is 19.4 Å². The van der Waals surface area contributed by atoms with Crippen molar-refractivity contribution < 1.29 is 4.39 Å². The molecule has 2 nitrogen and oxygen atoms in total. The van der Waals surface area contributed by atoms with Gasteiger partial charge in [-0.1, -0.05) is 29.9 Å². The first kappa shape index (κ1) is 14.4. The molecule has 0 saturated heterocycles. The van der Waals surface area contributed by atoms with Gasteiger partial charge in [0.1, 0.15) is 5.82 Å². The Bertz CT molecular complexity index is 429. The van der Waals surface area contributed by atoms with E-state index in [0.29, 0.717) is 21.3 Å². The number of halogens is 2. The molecule has 0 unspecified atom stereocenters. The molecule has 0 aliphatic heterocycles. The summed E-state index contributed by atoms with van der Waals surface area (Å²) in [5.74, 6) is 0.149. The Morgan fingerprint density at radius 1 is 1.53 bits per heavy atom. The van der Waals surface area contributed by atoms with E-state index in [1.165, 1.54) is 17.8 Å². The van der Waals surface area contributed by atoms with E-state index >= 15 is 0 Å². The van der Waals surface area contributed by atoms with Gasteiger partial charge >= 0.3 is 0 Å². The monoisotopic (exact) mass is 290 g/mol. The van der Waals surface area contributed by atoms with Gasteiger partial charge in [-0.2, -0.15) is 5.10 Å². The maximum atomic E-state index is 13.4. The van der Waals surface area contributed by atoms with Crippen molar-refractivity contribution in [3.63, 3.8) is 0 Å². The van der Waals surface area contributed by atoms with E-state index in [-0.39, 0.29) is 5.82 Å². The highest BCUT2D eigenvalue weighted by molar-refractivity contribution is 8.13. The highest BCUT2D eigenvalue weighted by Gasteiger charge is 2.07. The van der Waals surface area contributed by atoms with Crippen LogP contribution in [0.2, 0.25) is 5.02 Å². The molecule has 0 heterocycles. The molecule has 1 N–H and O–H groups in total. The van der Waals surface area contributed by atoms with Gasteiger partial charge in [-0.3, -0.25) is 5.43 Å². The molecule has 0 aliphatic rings. The van der Waals surface area contributed by atoms with Gasteiger partial charge in [-0.05, 0) is 26.0 Å². The summed E-state index contributed by atoms with van der Waals surface area (Å²) in [5.41, 5.74) is 3.18. The van der Waals surface area contributed by atoms with Crippen LogP contribution in [-0.2, 0) is 5.75 Å². The summed E-state index contributed by atoms with van der Waals surface area (Å²) in [6.07, 6.45) is 0. The third kappa shape index (κ3) is 5.02. The molecule has 92 valence electrons. The van der Waals surface area contributed by atoms with Crippen molar-refractivity contribution >= 4 is 45.6 Å². The Labute approximate surface area is 115 Å². The van der Waals surface area contributed by atoms with E-state index in [4.69, 9.17) is 23.8 Å². The first-order chi connectivity index (χ1) is 8.00. The van der Waals surface area contributed by atoms with Gasteiger partial charge < -0.3 is 0 Å². The molecule has 1 aromatic rings. The number of hydrogen-bond acceptors (Lipinski definition) is 3. The third-order valence-electron chi connectivity index (χ3n) is 1.86. The second-order valence-corrected chi connectivity index (χ2v) is 5.48. The average molecular weight is 291 g/mol. The second-order valence-electron chi connectivity index (χ2n) is 3.29. The van der Waals surface area contributed by atoms with E-state index in [1.54, 1.807) is 19.1 Å². The minimum Gasteiger partial charge on any atom is -0.271 e. The lowest BCUT2D eigenvalue weighted by Crippen LogP contribution is -2.11. The Morgan fingerprint density at radius 3 is 2.82 bits per heavy atom. The fourth-order valence-electron chi connectivity index (χ4n) is 1.04. The average Bonchev–Trinajstić information content (AvgIpc) is 2.25. The van der Waals surface area contributed by atoms with Crippen molar-refractivity contribution in [3.8, 4) is 0 Å². The van der Waals surface area contributed by atoms with Crippen molar-refractivity contribution in [1.82, 2.24) is 5.43 Å². The first-order valence-corrected chi connectivity index (χ1v) is 6.64. The van der Waals surface area contributed by atoms with Crippen LogP contribution in [0.5, 0.6) is 0 Å². The topological polar surface area (TPSA) is 24.4 Å². The predicted octanol–water partition coefficient (Wildman–Crippen LogP) is 3.98. The largest absolute Gasteiger partial charge is 0.271 e. The van der Waals surface area contributed by atoms with Gasteiger partial charge in [0.2, 0.25) is 0 Å². The van der Waals surface area contributed by atoms with Gasteiger partial charge in [-0.15, -0.1) is 11.8 Å². The molecule has 0 fully saturated rings. The van der Waals surface area contributed by atoms with E-state index in [2.05, 4.69) is 10.5 Å². The van der Waals surface area contributed by atoms with Crippen LogP contribution in [0, 0.1) is 5.82 Å². The zero-order valence-electron chi connectivity index (χ0n) is 9.46. The molecular weight excluding hydrogens is 279 g/mol. The molecule has 0 aromatic heterocycles. The van der Waals surface area contributed by atoms with Crippen molar-refractivity contribution in [3.05, 3.63) is 34.6 Å². The molecule has 0 atom stereocenters. The third-order valence-corrected chi connectivity index (χ3v) is 3.25. The Kier molecular flexibility index (Phi) is 5.88. The zero-order chi connectivity index (χ0) is 12.8. The number of thioether (sulfide) groups is 1. The van der Waals surface area contributed by atoms with Crippen LogP contribution >= 0.6 is 35.6 Å². The van der Waals surface area contributed by atoms with E-state index < -0.39 is 0 Å². The lowest BCUT2D eigenvalue weighted by molar-refractivity contribution is 0.617. The van der Waals surface area contributed by atoms with E-state index in [0.717, 1.165) is 5.04 Å². The number of rotatable bonds is 3. The van der Waals surface area contributed by atoms with Crippen LogP contribution in [0.3, 0.4) is 0 Å². The fourth-order valence-corrected chi connectivity index (χ4v) is 2.15. The van der Waals surface area contributed by atoms with Crippen molar-refractivity contribution in [2.45, 2.75) is 19.6 Å². The van der Waals surface area contributed by atoms with Gasteiger partial charge in [0.25, 0.3) is 0 Å². The van der Waals surface area contributed by atoms with Gasteiger partial charge in [0, 0.05) is 16.3 Å². The lowest BCUT2D eigenvalue weighted by atomic mass is 10.2. The van der Waals surface area contributed by atoms with Crippen molar-refractivity contribution in [2.75, 3.05) is 0 Å². The van der Waals surface area contributed by atoms with Crippen molar-refractivity contribution in [2.24, 2.45) is 5.10 Å². The number of nitrogens with zero attached hydrogens (tertiary/aromatic N) is 1. The lowest BCUT2D eigenvalue weighted by Gasteiger charge is -2.05. The predicted molar refractivity (Wildman–Crippen MR) is 77.2 cm³/mol. The molecule has 0 amide bonds. The van der Waals surface area contributed by atoms with Gasteiger partial charge in [-0.25, -0.2) is 4.39 Å².